The Morgan fingerprint density at radius 2 is 1.95 bits per heavy atom. The number of rotatable bonds is 3. The van der Waals surface area contributed by atoms with Crippen molar-refractivity contribution in [2.45, 2.75) is 6.92 Å². The van der Waals surface area contributed by atoms with Crippen molar-refractivity contribution in [1.29, 1.82) is 5.26 Å². The van der Waals surface area contributed by atoms with E-state index in [9.17, 15) is 4.79 Å². The van der Waals surface area contributed by atoms with Gasteiger partial charge in [-0.1, -0.05) is 6.07 Å². The zero-order valence-electron chi connectivity index (χ0n) is 10.5. The molecule has 1 amide bonds. The van der Waals surface area contributed by atoms with E-state index in [2.05, 4.69) is 11.4 Å². The molecule has 0 spiro atoms. The van der Waals surface area contributed by atoms with E-state index in [1.54, 1.807) is 24.3 Å². The fourth-order valence-electron chi connectivity index (χ4n) is 1.78. The van der Waals surface area contributed by atoms with Gasteiger partial charge in [-0.05, 0) is 48.9 Å². The lowest BCUT2D eigenvalue weighted by atomic mass is 10.1. The van der Waals surface area contributed by atoms with Crippen molar-refractivity contribution in [3.8, 4) is 6.07 Å². The predicted octanol–water partition coefficient (Wildman–Crippen LogP) is 2.71. The SMILES string of the molecule is Cc1cc(Nc2cccc(C(N)=O)c2)ccc1C#N. The van der Waals surface area contributed by atoms with Gasteiger partial charge in [0.2, 0.25) is 5.91 Å². The highest BCUT2D eigenvalue weighted by Crippen LogP contribution is 2.20. The Morgan fingerprint density at radius 3 is 2.58 bits per heavy atom. The number of benzene rings is 2. The predicted molar refractivity (Wildman–Crippen MR) is 74.1 cm³/mol. The van der Waals surface area contributed by atoms with Gasteiger partial charge in [-0.2, -0.15) is 5.26 Å². The number of nitriles is 1. The minimum atomic E-state index is -0.459. The number of carbonyl (C=O) groups is 1. The highest BCUT2D eigenvalue weighted by atomic mass is 16.1. The summed E-state index contributed by atoms with van der Waals surface area (Å²) in [4.78, 5) is 11.1. The number of hydrogen-bond donors (Lipinski definition) is 2. The maximum atomic E-state index is 11.1. The van der Waals surface area contributed by atoms with E-state index in [0.717, 1.165) is 16.9 Å². The topological polar surface area (TPSA) is 78.9 Å². The molecule has 0 bridgehead atoms. The molecule has 0 saturated heterocycles. The zero-order valence-corrected chi connectivity index (χ0v) is 10.5. The molecular formula is C15H13N3O. The summed E-state index contributed by atoms with van der Waals surface area (Å²) in [5.74, 6) is -0.459. The largest absolute Gasteiger partial charge is 0.366 e. The van der Waals surface area contributed by atoms with Crippen LogP contribution in [0, 0.1) is 18.3 Å². The Balaban J connectivity index is 2.26. The summed E-state index contributed by atoms with van der Waals surface area (Å²) in [5, 5.41) is 12.0. The van der Waals surface area contributed by atoms with Gasteiger partial charge in [0.1, 0.15) is 0 Å². The molecule has 0 radical (unpaired) electrons. The summed E-state index contributed by atoms with van der Waals surface area (Å²) < 4.78 is 0. The highest BCUT2D eigenvalue weighted by Gasteiger charge is 2.03. The lowest BCUT2D eigenvalue weighted by molar-refractivity contribution is 0.100. The van der Waals surface area contributed by atoms with Crippen LogP contribution in [0.3, 0.4) is 0 Å². The molecule has 4 nitrogen and oxygen atoms in total. The molecule has 0 unspecified atom stereocenters. The number of primary amides is 1. The van der Waals surface area contributed by atoms with E-state index < -0.39 is 5.91 Å². The van der Waals surface area contributed by atoms with Crippen LogP contribution in [0.25, 0.3) is 0 Å². The van der Waals surface area contributed by atoms with E-state index >= 15 is 0 Å². The summed E-state index contributed by atoms with van der Waals surface area (Å²) in [6.45, 7) is 1.88. The summed E-state index contributed by atoms with van der Waals surface area (Å²) in [6.07, 6.45) is 0. The van der Waals surface area contributed by atoms with Crippen LogP contribution < -0.4 is 11.1 Å². The second-order valence-corrected chi connectivity index (χ2v) is 4.21. The van der Waals surface area contributed by atoms with Gasteiger partial charge in [-0.25, -0.2) is 0 Å². The third kappa shape index (κ3) is 2.90. The van der Waals surface area contributed by atoms with Crippen molar-refractivity contribution in [3.63, 3.8) is 0 Å². The number of aryl methyl sites for hydroxylation is 1. The van der Waals surface area contributed by atoms with E-state index in [1.165, 1.54) is 0 Å². The maximum absolute atomic E-state index is 11.1. The average molecular weight is 251 g/mol. The first kappa shape index (κ1) is 12.7. The number of hydrogen-bond acceptors (Lipinski definition) is 3. The van der Waals surface area contributed by atoms with Gasteiger partial charge in [0, 0.05) is 16.9 Å². The van der Waals surface area contributed by atoms with Gasteiger partial charge in [-0.3, -0.25) is 4.79 Å². The molecule has 2 aromatic carbocycles. The third-order valence-corrected chi connectivity index (χ3v) is 2.78. The molecule has 2 rings (SSSR count). The van der Waals surface area contributed by atoms with Crippen LogP contribution in [0.5, 0.6) is 0 Å². The van der Waals surface area contributed by atoms with Crippen LogP contribution in [-0.4, -0.2) is 5.91 Å². The first-order valence-corrected chi connectivity index (χ1v) is 5.78. The van der Waals surface area contributed by atoms with Crippen LogP contribution in [-0.2, 0) is 0 Å². The number of amides is 1. The molecule has 0 atom stereocenters. The minimum Gasteiger partial charge on any atom is -0.366 e. The summed E-state index contributed by atoms with van der Waals surface area (Å²) in [5.41, 5.74) is 8.88. The standard InChI is InChI=1S/C15H13N3O/c1-10-7-14(6-5-12(10)9-16)18-13-4-2-3-11(8-13)15(17)19/h2-8,18H,1H3,(H2,17,19). The smallest absolute Gasteiger partial charge is 0.248 e. The number of nitrogens with zero attached hydrogens (tertiary/aromatic N) is 1. The van der Waals surface area contributed by atoms with Crippen LogP contribution in [0.1, 0.15) is 21.5 Å². The Hall–Kier alpha value is -2.80. The number of nitrogens with one attached hydrogen (secondary N) is 1. The second kappa shape index (κ2) is 5.23. The van der Waals surface area contributed by atoms with Gasteiger partial charge < -0.3 is 11.1 Å². The Kier molecular flexibility index (Phi) is 3.48. The molecule has 0 fully saturated rings. The molecule has 3 N–H and O–H groups in total. The number of carbonyl (C=O) groups excluding carboxylic acids is 1. The maximum Gasteiger partial charge on any atom is 0.248 e. The van der Waals surface area contributed by atoms with E-state index in [4.69, 9.17) is 11.0 Å². The monoisotopic (exact) mass is 251 g/mol. The molecule has 0 aliphatic rings. The van der Waals surface area contributed by atoms with E-state index in [-0.39, 0.29) is 0 Å². The molecule has 2 aromatic rings. The second-order valence-electron chi connectivity index (χ2n) is 4.21. The van der Waals surface area contributed by atoms with Gasteiger partial charge in [0.15, 0.2) is 0 Å². The summed E-state index contributed by atoms with van der Waals surface area (Å²) >= 11 is 0. The Morgan fingerprint density at radius 1 is 1.21 bits per heavy atom. The average Bonchev–Trinajstić information content (AvgIpc) is 2.39. The van der Waals surface area contributed by atoms with Crippen molar-refractivity contribution in [2.75, 3.05) is 5.32 Å². The molecular weight excluding hydrogens is 238 g/mol. The van der Waals surface area contributed by atoms with Crippen molar-refractivity contribution < 1.29 is 4.79 Å². The number of nitrogens with two attached hydrogens (primary N) is 1. The van der Waals surface area contributed by atoms with Crippen molar-refractivity contribution in [3.05, 3.63) is 59.2 Å². The molecule has 0 aliphatic heterocycles. The molecule has 94 valence electrons. The first-order chi connectivity index (χ1) is 9.10. The molecule has 0 heterocycles. The summed E-state index contributed by atoms with van der Waals surface area (Å²) in [7, 11) is 0. The fourth-order valence-corrected chi connectivity index (χ4v) is 1.78. The minimum absolute atomic E-state index is 0.454. The van der Waals surface area contributed by atoms with Gasteiger partial charge >= 0.3 is 0 Å². The van der Waals surface area contributed by atoms with Crippen molar-refractivity contribution in [1.82, 2.24) is 0 Å². The van der Waals surface area contributed by atoms with Crippen LogP contribution >= 0.6 is 0 Å². The van der Waals surface area contributed by atoms with Crippen molar-refractivity contribution in [2.24, 2.45) is 5.73 Å². The quantitative estimate of drug-likeness (QED) is 0.880. The summed E-state index contributed by atoms with van der Waals surface area (Å²) in [6, 6.07) is 14.6. The lowest BCUT2D eigenvalue weighted by Gasteiger charge is -2.08. The van der Waals surface area contributed by atoms with Crippen LogP contribution in [0.4, 0.5) is 11.4 Å². The highest BCUT2D eigenvalue weighted by molar-refractivity contribution is 5.93. The molecule has 19 heavy (non-hydrogen) atoms. The normalized spacial score (nSPS) is 9.68. The zero-order chi connectivity index (χ0) is 13.8. The fraction of sp³-hybridized carbons (Fsp3) is 0.0667. The van der Waals surface area contributed by atoms with Gasteiger partial charge in [0.25, 0.3) is 0 Å². The lowest BCUT2D eigenvalue weighted by Crippen LogP contribution is -2.10. The van der Waals surface area contributed by atoms with Crippen LogP contribution in [0.2, 0.25) is 0 Å². The van der Waals surface area contributed by atoms with Crippen LogP contribution in [0.15, 0.2) is 42.5 Å². The first-order valence-electron chi connectivity index (χ1n) is 5.78. The Bertz CT molecular complexity index is 671. The third-order valence-electron chi connectivity index (χ3n) is 2.78. The molecule has 0 saturated carbocycles. The van der Waals surface area contributed by atoms with Crippen molar-refractivity contribution >= 4 is 17.3 Å². The van der Waals surface area contributed by atoms with Gasteiger partial charge in [-0.15, -0.1) is 0 Å². The number of anilines is 2. The van der Waals surface area contributed by atoms with Gasteiger partial charge in [0.05, 0.1) is 11.6 Å². The molecule has 0 aliphatic carbocycles. The van der Waals surface area contributed by atoms with E-state index in [0.29, 0.717) is 11.1 Å². The molecule has 4 heteroatoms. The molecule has 0 aromatic heterocycles. The Labute approximate surface area is 111 Å². The van der Waals surface area contributed by atoms with E-state index in [1.807, 2.05) is 25.1 Å².